The summed E-state index contributed by atoms with van der Waals surface area (Å²) < 4.78 is 52.9. The minimum atomic E-state index is -3.55. The van der Waals surface area contributed by atoms with Crippen LogP contribution in [-0.2, 0) is 23.0 Å². The quantitative estimate of drug-likeness (QED) is 0.528. The summed E-state index contributed by atoms with van der Waals surface area (Å²) in [5.41, 5.74) is 8.23. The molecule has 172 valence electrons. The number of aryl methyl sites for hydroxylation is 1. The van der Waals surface area contributed by atoms with Crippen LogP contribution in [-0.4, -0.2) is 46.0 Å². The average molecular weight is 465 g/mol. The van der Waals surface area contributed by atoms with Gasteiger partial charge in [0.1, 0.15) is 5.82 Å². The highest BCUT2D eigenvalue weighted by molar-refractivity contribution is 7.90. The number of hydrogen-bond donors (Lipinski definition) is 2. The Morgan fingerprint density at radius 1 is 1.19 bits per heavy atom. The number of imidazole rings is 1. The van der Waals surface area contributed by atoms with Crippen molar-refractivity contribution in [1.29, 1.82) is 0 Å². The molecule has 12 heteroatoms. The van der Waals surface area contributed by atoms with Gasteiger partial charge in [-0.25, -0.2) is 18.1 Å². The largest absolute Gasteiger partial charge is 0.454 e. The van der Waals surface area contributed by atoms with Crippen molar-refractivity contribution >= 4 is 27.0 Å². The van der Waals surface area contributed by atoms with Gasteiger partial charge in [-0.1, -0.05) is 0 Å². The minimum Gasteiger partial charge on any atom is -0.454 e. The number of sulfonamides is 1. The fourth-order valence-corrected chi connectivity index (χ4v) is 4.16. The maximum absolute atomic E-state index is 13.9. The zero-order chi connectivity index (χ0) is 23.3. The normalized spacial score (nSPS) is 13.8. The number of nitrogens with zero attached hydrogens (tertiary/aromatic N) is 4. The molecule has 3 aromatic rings. The van der Waals surface area contributed by atoms with Gasteiger partial charge in [0, 0.05) is 19.5 Å². The number of nitrogens with two attached hydrogens (primary N) is 1. The topological polar surface area (TPSA) is 134 Å². The predicted molar refractivity (Wildman–Crippen MR) is 116 cm³/mol. The van der Waals surface area contributed by atoms with E-state index in [1.165, 1.54) is 0 Å². The van der Waals surface area contributed by atoms with Crippen molar-refractivity contribution in [3.05, 3.63) is 35.2 Å². The second-order valence-electron chi connectivity index (χ2n) is 8.55. The Labute approximate surface area is 185 Å². The molecule has 32 heavy (non-hydrogen) atoms. The van der Waals surface area contributed by atoms with Gasteiger partial charge in [0.15, 0.2) is 28.5 Å². The van der Waals surface area contributed by atoms with E-state index in [1.54, 1.807) is 25.3 Å². The molecule has 1 aliphatic heterocycles. The Kier molecular flexibility index (Phi) is 5.45. The van der Waals surface area contributed by atoms with E-state index in [0.29, 0.717) is 23.7 Å². The van der Waals surface area contributed by atoms with Gasteiger partial charge in [-0.2, -0.15) is 14.4 Å². The highest BCUT2D eigenvalue weighted by atomic mass is 32.2. The summed E-state index contributed by atoms with van der Waals surface area (Å²) in [4.78, 5) is 12.0. The van der Waals surface area contributed by atoms with Crippen LogP contribution < -0.4 is 19.9 Å². The van der Waals surface area contributed by atoms with E-state index >= 15 is 0 Å². The first kappa shape index (κ1) is 22.2. The molecule has 0 saturated heterocycles. The molecular weight excluding hydrogens is 439 g/mol. The summed E-state index contributed by atoms with van der Waals surface area (Å²) in [6.07, 6.45) is -0.608. The van der Waals surface area contributed by atoms with E-state index in [1.807, 2.05) is 19.1 Å². The summed E-state index contributed by atoms with van der Waals surface area (Å²) in [6.45, 7) is 7.19. The Bertz CT molecular complexity index is 1300. The molecule has 2 aromatic heterocycles. The number of rotatable bonds is 6. The molecule has 1 aromatic carbocycles. The molecule has 1 aliphatic rings. The first-order valence-corrected chi connectivity index (χ1v) is 11.5. The third-order valence-electron chi connectivity index (χ3n) is 5.29. The van der Waals surface area contributed by atoms with Crippen LogP contribution in [0.15, 0.2) is 12.1 Å². The van der Waals surface area contributed by atoms with Gasteiger partial charge < -0.3 is 19.8 Å². The molecular formula is C20H25FN6O4S. The lowest BCUT2D eigenvalue weighted by atomic mass is 10.0. The minimum absolute atomic E-state index is 0.0731. The number of aromatic nitrogens is 4. The van der Waals surface area contributed by atoms with Crippen LogP contribution in [0.5, 0.6) is 11.5 Å². The third kappa shape index (κ3) is 4.07. The van der Waals surface area contributed by atoms with Crippen LogP contribution in [0.2, 0.25) is 0 Å². The molecule has 0 spiro atoms. The van der Waals surface area contributed by atoms with Crippen LogP contribution in [0, 0.1) is 13.0 Å². The molecule has 0 unspecified atom stereocenters. The van der Waals surface area contributed by atoms with E-state index in [-0.39, 0.29) is 36.9 Å². The second-order valence-corrected chi connectivity index (χ2v) is 11.1. The van der Waals surface area contributed by atoms with E-state index in [4.69, 9.17) is 15.2 Å². The molecule has 0 aliphatic carbocycles. The zero-order valence-corrected chi connectivity index (χ0v) is 19.1. The van der Waals surface area contributed by atoms with Gasteiger partial charge in [-0.05, 0) is 51.0 Å². The van der Waals surface area contributed by atoms with Gasteiger partial charge in [-0.3, -0.25) is 0 Å². The van der Waals surface area contributed by atoms with Crippen LogP contribution in [0.4, 0.5) is 10.2 Å². The Hall–Kier alpha value is -2.99. The molecule has 0 atom stereocenters. The van der Waals surface area contributed by atoms with Crippen LogP contribution in [0.3, 0.4) is 0 Å². The van der Waals surface area contributed by atoms with E-state index in [9.17, 15) is 12.8 Å². The smallest absolute Gasteiger partial charge is 0.312 e. The lowest BCUT2D eigenvalue weighted by Gasteiger charge is -2.20. The van der Waals surface area contributed by atoms with Crippen molar-refractivity contribution < 1.29 is 22.3 Å². The van der Waals surface area contributed by atoms with Gasteiger partial charge in [0.25, 0.3) is 0 Å². The molecule has 3 heterocycles. The summed E-state index contributed by atoms with van der Waals surface area (Å²) >= 11 is 0. The van der Waals surface area contributed by atoms with Crippen molar-refractivity contribution in [2.75, 3.05) is 19.1 Å². The van der Waals surface area contributed by atoms with Crippen molar-refractivity contribution in [2.45, 2.75) is 45.4 Å². The third-order valence-corrected chi connectivity index (χ3v) is 7.48. The Morgan fingerprint density at radius 3 is 2.56 bits per heavy atom. The summed E-state index contributed by atoms with van der Waals surface area (Å²) in [5.74, 6) is 1.78. The highest BCUT2D eigenvalue weighted by Crippen LogP contribution is 2.35. The Balaban J connectivity index is 1.70. The fourth-order valence-electron chi connectivity index (χ4n) is 3.36. The van der Waals surface area contributed by atoms with E-state index in [0.717, 1.165) is 11.1 Å². The van der Waals surface area contributed by atoms with Crippen LogP contribution >= 0.6 is 0 Å². The SMILES string of the molecule is Cc1cc2c(cc1Cc1nc3c(N)nc(F)nc3n1CCNS(=O)(=O)C(C)(C)C)OCO2. The number of ether oxygens (including phenoxy) is 2. The lowest BCUT2D eigenvalue weighted by Crippen LogP contribution is -2.40. The molecule has 0 amide bonds. The summed E-state index contributed by atoms with van der Waals surface area (Å²) in [5, 5.41) is 0. The maximum atomic E-state index is 13.9. The molecule has 0 bridgehead atoms. The second kappa shape index (κ2) is 7.85. The van der Waals surface area contributed by atoms with Gasteiger partial charge in [0.05, 0.1) is 4.75 Å². The van der Waals surface area contributed by atoms with Gasteiger partial charge in [-0.15, -0.1) is 0 Å². The average Bonchev–Trinajstić information content (AvgIpc) is 3.26. The maximum Gasteiger partial charge on any atom is 0.312 e. The number of anilines is 1. The van der Waals surface area contributed by atoms with Gasteiger partial charge in [0.2, 0.25) is 16.8 Å². The Morgan fingerprint density at radius 2 is 1.88 bits per heavy atom. The molecule has 0 saturated carbocycles. The van der Waals surface area contributed by atoms with Crippen LogP contribution in [0.25, 0.3) is 11.2 Å². The first-order valence-electron chi connectivity index (χ1n) is 10.0. The number of halogens is 1. The molecule has 0 fully saturated rings. The summed E-state index contributed by atoms with van der Waals surface area (Å²) in [6, 6.07) is 3.76. The lowest BCUT2D eigenvalue weighted by molar-refractivity contribution is 0.174. The highest BCUT2D eigenvalue weighted by Gasteiger charge is 2.28. The fraction of sp³-hybridized carbons (Fsp3) is 0.450. The van der Waals surface area contributed by atoms with Crippen molar-refractivity contribution in [1.82, 2.24) is 24.2 Å². The molecule has 3 N–H and O–H groups in total. The molecule has 4 rings (SSSR count). The van der Waals surface area contributed by atoms with Gasteiger partial charge >= 0.3 is 6.08 Å². The predicted octanol–water partition coefficient (Wildman–Crippen LogP) is 1.89. The molecule has 10 nitrogen and oxygen atoms in total. The first-order chi connectivity index (χ1) is 15.0. The van der Waals surface area contributed by atoms with Crippen molar-refractivity contribution in [3.63, 3.8) is 0 Å². The zero-order valence-electron chi connectivity index (χ0n) is 18.3. The summed E-state index contributed by atoms with van der Waals surface area (Å²) in [7, 11) is -3.55. The van der Waals surface area contributed by atoms with E-state index < -0.39 is 20.8 Å². The number of nitrogen functional groups attached to an aromatic ring is 1. The number of benzene rings is 1. The van der Waals surface area contributed by atoms with Crippen molar-refractivity contribution in [2.24, 2.45) is 0 Å². The number of fused-ring (bicyclic) bond motifs is 2. The van der Waals surface area contributed by atoms with E-state index in [2.05, 4.69) is 19.7 Å². The van der Waals surface area contributed by atoms with Crippen molar-refractivity contribution in [3.8, 4) is 11.5 Å². The standard InChI is InChI=1S/C20H25FN6O4S/c1-11-7-13-14(31-10-30-13)8-12(11)9-15-24-16-17(22)25-19(21)26-18(16)27(15)6-5-23-32(28,29)20(2,3)4/h7-8,23H,5-6,9-10H2,1-4H3,(H2,22,25,26). The molecule has 0 radical (unpaired) electrons. The number of nitrogens with one attached hydrogen (secondary N) is 1. The van der Waals surface area contributed by atoms with Crippen LogP contribution in [0.1, 0.15) is 37.7 Å². The monoisotopic (exact) mass is 464 g/mol. The number of hydrogen-bond acceptors (Lipinski definition) is 8.